The molecular weight excluding hydrogens is 709 g/mol. The molecule has 0 aromatic rings. The Morgan fingerprint density at radius 2 is 1.04 bits per heavy atom. The third-order valence-corrected chi connectivity index (χ3v) is 10.6. The molecule has 0 spiro atoms. The fourth-order valence-electron chi connectivity index (χ4n) is 6.91. The van der Waals surface area contributed by atoms with Crippen LogP contribution in [0.2, 0.25) is 0 Å². The summed E-state index contributed by atoms with van der Waals surface area (Å²) in [4.78, 5) is 12.8. The summed E-state index contributed by atoms with van der Waals surface area (Å²) in [6.45, 7) is 4.54. The third-order valence-electron chi connectivity index (χ3n) is 10.6. The molecule has 0 aromatic carbocycles. The molecular formula is C47H86O9. The minimum Gasteiger partial charge on any atom is -0.457 e. The molecule has 0 radical (unpaired) electrons. The molecule has 0 aromatic heterocycles. The highest BCUT2D eigenvalue weighted by atomic mass is 16.7. The molecule has 0 saturated carbocycles. The normalized spacial score (nSPS) is 20.9. The van der Waals surface area contributed by atoms with Crippen molar-refractivity contribution < 1.29 is 44.2 Å². The molecule has 328 valence electrons. The monoisotopic (exact) mass is 795 g/mol. The van der Waals surface area contributed by atoms with Gasteiger partial charge in [-0.3, -0.25) is 4.79 Å². The van der Waals surface area contributed by atoms with Crippen molar-refractivity contribution in [3.8, 4) is 0 Å². The lowest BCUT2D eigenvalue weighted by Crippen LogP contribution is -2.59. The fourth-order valence-corrected chi connectivity index (χ4v) is 6.91. The van der Waals surface area contributed by atoms with Crippen molar-refractivity contribution in [1.29, 1.82) is 0 Å². The number of esters is 1. The lowest BCUT2D eigenvalue weighted by Gasteiger charge is -2.39. The quantitative estimate of drug-likeness (QED) is 0.0272. The first-order valence-corrected chi connectivity index (χ1v) is 23.1. The molecule has 1 heterocycles. The zero-order valence-corrected chi connectivity index (χ0v) is 35.9. The number of carbonyl (C=O) groups excluding carboxylic acids is 1. The van der Waals surface area contributed by atoms with Crippen LogP contribution in [0.1, 0.15) is 194 Å². The summed E-state index contributed by atoms with van der Waals surface area (Å²) in [6, 6.07) is 0. The van der Waals surface area contributed by atoms with E-state index >= 15 is 0 Å². The zero-order chi connectivity index (χ0) is 40.7. The minimum atomic E-state index is -1.54. The van der Waals surface area contributed by atoms with E-state index < -0.39 is 43.4 Å². The van der Waals surface area contributed by atoms with E-state index in [0.717, 1.165) is 51.4 Å². The summed E-state index contributed by atoms with van der Waals surface area (Å²) in [5.41, 5.74) is 0. The van der Waals surface area contributed by atoms with E-state index in [4.69, 9.17) is 18.9 Å². The second kappa shape index (κ2) is 38.9. The number of ether oxygens (including phenoxy) is 4. The van der Waals surface area contributed by atoms with Gasteiger partial charge in [0.25, 0.3) is 0 Å². The fraction of sp³-hybridized carbons (Fsp3) is 0.851. The molecule has 1 aliphatic rings. The van der Waals surface area contributed by atoms with E-state index in [1.165, 1.54) is 122 Å². The van der Waals surface area contributed by atoms with E-state index in [0.29, 0.717) is 13.0 Å². The van der Waals surface area contributed by atoms with E-state index in [1.54, 1.807) is 0 Å². The van der Waals surface area contributed by atoms with Crippen molar-refractivity contribution >= 4 is 5.97 Å². The SMILES string of the molecule is CCCCCCC/C=C\C/C=C\C/C=C\CCCCCCCCCCC(=O)OC(COCCCCCCCCCCCC)COC1OC(CO)C(O)C(O)C1O. The molecule has 0 aliphatic carbocycles. The maximum Gasteiger partial charge on any atom is 0.306 e. The second-order valence-corrected chi connectivity index (χ2v) is 15.9. The van der Waals surface area contributed by atoms with E-state index in [-0.39, 0.29) is 19.2 Å². The Morgan fingerprint density at radius 1 is 0.571 bits per heavy atom. The highest BCUT2D eigenvalue weighted by Gasteiger charge is 2.44. The van der Waals surface area contributed by atoms with Crippen LogP contribution < -0.4 is 0 Å². The molecule has 0 amide bonds. The number of allylic oxidation sites excluding steroid dienone is 6. The Hall–Kier alpha value is -1.59. The lowest BCUT2D eigenvalue weighted by atomic mass is 9.99. The smallest absolute Gasteiger partial charge is 0.306 e. The van der Waals surface area contributed by atoms with Crippen LogP contribution in [0.15, 0.2) is 36.5 Å². The second-order valence-electron chi connectivity index (χ2n) is 15.9. The van der Waals surface area contributed by atoms with Gasteiger partial charge in [0.1, 0.15) is 30.5 Å². The number of aliphatic hydroxyl groups is 4. The standard InChI is InChI=1S/C47H86O9/c1-3-5-7-9-11-13-15-16-17-18-19-20-21-22-23-24-25-26-27-28-30-32-34-36-43(49)55-41(39-53-37-35-33-31-29-14-12-10-8-6-4-2)40-54-47-46(52)45(51)44(50)42(38-48)56-47/h15-16,18-19,21-22,41-42,44-48,50-52H,3-14,17,20,23-40H2,1-2H3/b16-15-,19-18-,22-21-. The van der Waals surface area contributed by atoms with Crippen LogP contribution in [-0.2, 0) is 23.7 Å². The van der Waals surface area contributed by atoms with Gasteiger partial charge in [0.05, 0.1) is 19.8 Å². The number of hydrogen-bond donors (Lipinski definition) is 4. The first kappa shape index (κ1) is 52.4. The van der Waals surface area contributed by atoms with Gasteiger partial charge in [-0.05, 0) is 51.4 Å². The van der Waals surface area contributed by atoms with Gasteiger partial charge in [-0.2, -0.15) is 0 Å². The van der Waals surface area contributed by atoms with Crippen molar-refractivity contribution in [2.75, 3.05) is 26.4 Å². The lowest BCUT2D eigenvalue weighted by molar-refractivity contribution is -0.305. The van der Waals surface area contributed by atoms with E-state index in [1.807, 2.05) is 0 Å². The van der Waals surface area contributed by atoms with Crippen molar-refractivity contribution in [3.63, 3.8) is 0 Å². The predicted molar refractivity (Wildman–Crippen MR) is 228 cm³/mol. The maximum atomic E-state index is 12.8. The summed E-state index contributed by atoms with van der Waals surface area (Å²) in [5, 5.41) is 40.1. The van der Waals surface area contributed by atoms with Crippen LogP contribution in [0.5, 0.6) is 0 Å². The molecule has 1 saturated heterocycles. The van der Waals surface area contributed by atoms with Gasteiger partial charge in [-0.1, -0.05) is 172 Å². The van der Waals surface area contributed by atoms with Crippen molar-refractivity contribution in [2.45, 2.75) is 230 Å². The van der Waals surface area contributed by atoms with Crippen LogP contribution in [0, 0.1) is 0 Å². The molecule has 1 rings (SSSR count). The number of rotatable bonds is 39. The van der Waals surface area contributed by atoms with E-state index in [2.05, 4.69) is 50.3 Å². The summed E-state index contributed by atoms with van der Waals surface area (Å²) in [5.74, 6) is -0.321. The molecule has 4 N–H and O–H groups in total. The molecule has 1 fully saturated rings. The van der Waals surface area contributed by atoms with Gasteiger partial charge < -0.3 is 39.4 Å². The summed E-state index contributed by atoms with van der Waals surface area (Å²) < 4.78 is 22.8. The van der Waals surface area contributed by atoms with Crippen molar-refractivity contribution in [3.05, 3.63) is 36.5 Å². The molecule has 1 aliphatic heterocycles. The van der Waals surface area contributed by atoms with Gasteiger partial charge in [0, 0.05) is 13.0 Å². The largest absolute Gasteiger partial charge is 0.457 e. The Kier molecular flexibility index (Phi) is 36.4. The van der Waals surface area contributed by atoms with Gasteiger partial charge in [-0.25, -0.2) is 0 Å². The van der Waals surface area contributed by atoms with Gasteiger partial charge in [-0.15, -0.1) is 0 Å². The Balaban J connectivity index is 2.21. The average molecular weight is 795 g/mol. The summed E-state index contributed by atoms with van der Waals surface area (Å²) >= 11 is 0. The topological polar surface area (TPSA) is 135 Å². The Morgan fingerprint density at radius 3 is 1.55 bits per heavy atom. The summed E-state index contributed by atoms with van der Waals surface area (Å²) in [7, 11) is 0. The van der Waals surface area contributed by atoms with Gasteiger partial charge in [0.2, 0.25) is 0 Å². The minimum absolute atomic E-state index is 0.115. The average Bonchev–Trinajstić information content (AvgIpc) is 3.20. The highest BCUT2D eigenvalue weighted by Crippen LogP contribution is 2.22. The molecule has 56 heavy (non-hydrogen) atoms. The number of aliphatic hydroxyl groups excluding tert-OH is 4. The zero-order valence-electron chi connectivity index (χ0n) is 35.9. The highest BCUT2D eigenvalue weighted by molar-refractivity contribution is 5.69. The Bertz CT molecular complexity index is 952. The molecule has 9 heteroatoms. The van der Waals surface area contributed by atoms with Crippen LogP contribution in [0.25, 0.3) is 0 Å². The molecule has 0 bridgehead atoms. The molecule has 9 nitrogen and oxygen atoms in total. The summed E-state index contributed by atoms with van der Waals surface area (Å²) in [6.07, 6.45) is 38.9. The van der Waals surface area contributed by atoms with Gasteiger partial charge >= 0.3 is 5.97 Å². The van der Waals surface area contributed by atoms with Gasteiger partial charge in [0.15, 0.2) is 6.29 Å². The molecule has 6 atom stereocenters. The van der Waals surface area contributed by atoms with Crippen LogP contribution in [-0.4, -0.2) is 89.6 Å². The number of unbranched alkanes of at least 4 members (excludes halogenated alkanes) is 22. The van der Waals surface area contributed by atoms with Crippen LogP contribution in [0.4, 0.5) is 0 Å². The van der Waals surface area contributed by atoms with E-state index in [9.17, 15) is 25.2 Å². The van der Waals surface area contributed by atoms with Crippen LogP contribution >= 0.6 is 0 Å². The Labute approximate surface area is 342 Å². The van der Waals surface area contributed by atoms with Crippen LogP contribution in [0.3, 0.4) is 0 Å². The predicted octanol–water partition coefficient (Wildman–Crippen LogP) is 10.4. The maximum absolute atomic E-state index is 12.8. The number of carbonyl (C=O) groups is 1. The third kappa shape index (κ3) is 29.6. The first-order valence-electron chi connectivity index (χ1n) is 23.1. The molecule has 6 unspecified atom stereocenters. The van der Waals surface area contributed by atoms with Crippen molar-refractivity contribution in [2.24, 2.45) is 0 Å². The number of hydrogen-bond acceptors (Lipinski definition) is 9. The first-order chi connectivity index (χ1) is 27.4. The van der Waals surface area contributed by atoms with Crippen molar-refractivity contribution in [1.82, 2.24) is 0 Å².